The van der Waals surface area contributed by atoms with Gasteiger partial charge in [0.1, 0.15) is 0 Å². The van der Waals surface area contributed by atoms with E-state index in [9.17, 15) is 31.1 Å². The van der Waals surface area contributed by atoms with Gasteiger partial charge in [-0.3, -0.25) is 9.47 Å². The Balaban J connectivity index is 2.38. The van der Waals surface area contributed by atoms with Gasteiger partial charge in [-0.15, -0.1) is 26.3 Å². The average Bonchev–Trinajstić information content (AvgIpc) is 2.53. The lowest BCUT2D eigenvalue weighted by Crippen LogP contribution is -2.38. The third-order valence-electron chi connectivity index (χ3n) is 2.76. The second-order valence-electron chi connectivity index (χ2n) is 4.36. The van der Waals surface area contributed by atoms with Crippen molar-refractivity contribution in [1.82, 2.24) is 9.80 Å². The van der Waals surface area contributed by atoms with E-state index in [-0.39, 0.29) is 19.6 Å². The number of hydrogen-bond donors (Lipinski definition) is 0. The molecule has 21 heavy (non-hydrogen) atoms. The lowest BCUT2D eigenvalue weighted by molar-refractivity contribution is -0.325. The Labute approximate surface area is 116 Å². The van der Waals surface area contributed by atoms with Crippen molar-refractivity contribution in [2.45, 2.75) is 25.7 Å². The number of hydrogen-bond acceptors (Lipinski definition) is 3. The van der Waals surface area contributed by atoms with Crippen LogP contribution < -0.4 is 0 Å². The van der Waals surface area contributed by atoms with Gasteiger partial charge < -0.3 is 9.80 Å². The molecule has 0 radical (unpaired) electrons. The highest BCUT2D eigenvalue weighted by Crippen LogP contribution is 2.20. The van der Waals surface area contributed by atoms with Crippen molar-refractivity contribution >= 4 is 6.03 Å². The van der Waals surface area contributed by atoms with E-state index in [1.54, 1.807) is 6.92 Å². The zero-order valence-corrected chi connectivity index (χ0v) is 11.0. The summed E-state index contributed by atoms with van der Waals surface area (Å²) in [6.45, 7) is -0.348. The molecule has 124 valence electrons. The van der Waals surface area contributed by atoms with Crippen LogP contribution in [0.1, 0.15) is 6.92 Å². The van der Waals surface area contributed by atoms with Crippen LogP contribution in [0.4, 0.5) is 31.1 Å². The molecule has 0 bridgehead atoms. The Morgan fingerprint density at radius 1 is 1.05 bits per heavy atom. The second-order valence-corrected chi connectivity index (χ2v) is 4.36. The molecular weight excluding hydrogens is 310 g/mol. The van der Waals surface area contributed by atoms with Gasteiger partial charge in [0.15, 0.2) is 0 Å². The molecule has 0 N–H and O–H groups in total. The molecule has 0 saturated carbocycles. The molecule has 1 unspecified atom stereocenters. The van der Waals surface area contributed by atoms with Gasteiger partial charge in [0.25, 0.3) is 0 Å². The average molecular weight is 324 g/mol. The first-order valence-corrected chi connectivity index (χ1v) is 5.96. The number of amides is 2. The fraction of sp³-hybridized carbons (Fsp3) is 0.900. The van der Waals surface area contributed by atoms with Gasteiger partial charge in [-0.1, -0.05) is 0 Å². The number of alkyl halides is 6. The smallest absolute Gasteiger partial charge is 0.320 e. The number of urea groups is 1. The molecule has 0 aromatic carbocycles. The number of carbonyl (C=O) groups excluding carboxylic acids is 1. The molecule has 1 rings (SSSR count). The number of rotatable bonds is 6. The first-order valence-electron chi connectivity index (χ1n) is 5.96. The lowest BCUT2D eigenvalue weighted by Gasteiger charge is -2.21. The molecule has 1 atom stereocenters. The minimum absolute atomic E-state index is 0.117. The van der Waals surface area contributed by atoms with E-state index in [2.05, 4.69) is 9.47 Å². The Bertz CT molecular complexity index is 360. The van der Waals surface area contributed by atoms with Crippen molar-refractivity contribution in [2.24, 2.45) is 0 Å². The fourth-order valence-electron chi connectivity index (χ4n) is 1.90. The van der Waals surface area contributed by atoms with Crippen LogP contribution in [0, 0.1) is 0 Å². The highest BCUT2D eigenvalue weighted by atomic mass is 19.4. The normalized spacial score (nSPS) is 20.5. The van der Waals surface area contributed by atoms with Gasteiger partial charge in [-0.25, -0.2) is 4.79 Å². The molecule has 0 spiro atoms. The number of halogens is 6. The summed E-state index contributed by atoms with van der Waals surface area (Å²) in [5, 5.41) is 0. The molecule has 1 aliphatic rings. The van der Waals surface area contributed by atoms with E-state index in [0.29, 0.717) is 0 Å². The first kappa shape index (κ1) is 17.8. The molecule has 5 nitrogen and oxygen atoms in total. The number of nitrogens with zero attached hydrogens (tertiary/aromatic N) is 2. The van der Waals surface area contributed by atoms with Gasteiger partial charge in [-0.2, -0.15) is 0 Å². The van der Waals surface area contributed by atoms with Crippen molar-refractivity contribution in [3.8, 4) is 0 Å². The molecule has 0 aromatic rings. The van der Waals surface area contributed by atoms with Crippen LogP contribution in [0.25, 0.3) is 0 Å². The monoisotopic (exact) mass is 324 g/mol. The molecule has 2 amide bonds. The molecular formula is C10H14F6N2O3. The number of ether oxygens (including phenoxy) is 2. The zero-order chi connectivity index (χ0) is 16.3. The van der Waals surface area contributed by atoms with Crippen molar-refractivity contribution in [3.05, 3.63) is 0 Å². The van der Waals surface area contributed by atoms with E-state index in [1.807, 2.05) is 0 Å². The Morgan fingerprint density at radius 2 is 1.52 bits per heavy atom. The molecule has 1 saturated heterocycles. The molecule has 1 fully saturated rings. The van der Waals surface area contributed by atoms with Gasteiger partial charge in [0.2, 0.25) is 0 Å². The van der Waals surface area contributed by atoms with Crippen molar-refractivity contribution in [3.63, 3.8) is 0 Å². The Kier molecular flexibility index (Phi) is 5.68. The predicted octanol–water partition coefficient (Wildman–Crippen LogP) is 2.19. The van der Waals surface area contributed by atoms with Crippen LogP contribution in [0.5, 0.6) is 0 Å². The topological polar surface area (TPSA) is 42.0 Å². The van der Waals surface area contributed by atoms with E-state index < -0.39 is 38.0 Å². The summed E-state index contributed by atoms with van der Waals surface area (Å²) in [5.74, 6) is 0. The summed E-state index contributed by atoms with van der Waals surface area (Å²) in [4.78, 5) is 14.0. The summed E-state index contributed by atoms with van der Waals surface area (Å²) in [6.07, 6.45) is -9.57. The van der Waals surface area contributed by atoms with Crippen LogP contribution in [0.2, 0.25) is 0 Å². The molecule has 1 heterocycles. The molecule has 11 heteroatoms. The summed E-state index contributed by atoms with van der Waals surface area (Å²) in [7, 11) is 0. The maximum atomic E-state index is 11.8. The van der Waals surface area contributed by atoms with Crippen LogP contribution >= 0.6 is 0 Å². The van der Waals surface area contributed by atoms with Crippen molar-refractivity contribution in [1.29, 1.82) is 0 Å². The Hall–Kier alpha value is -1.23. The summed E-state index contributed by atoms with van der Waals surface area (Å²) in [5.41, 5.74) is 0. The minimum Gasteiger partial charge on any atom is -0.320 e. The first-order chi connectivity index (χ1) is 9.49. The third-order valence-corrected chi connectivity index (χ3v) is 2.76. The maximum Gasteiger partial charge on any atom is 0.522 e. The van der Waals surface area contributed by atoms with Crippen LogP contribution in [0.3, 0.4) is 0 Å². The van der Waals surface area contributed by atoms with Crippen LogP contribution in [0.15, 0.2) is 0 Å². The second kappa shape index (κ2) is 6.69. The summed E-state index contributed by atoms with van der Waals surface area (Å²) in [6, 6.07) is -1.06. The highest BCUT2D eigenvalue weighted by Gasteiger charge is 2.36. The standard InChI is InChI=1S/C10H14F6N2O3/c1-7-6-17(2-4-20-9(11,12)13)8(19)18(7)3-5-21-10(14,15)16/h7H,2-6H2,1H3. The molecule has 0 aromatic heterocycles. The SMILES string of the molecule is CC1CN(CCOC(F)(F)F)C(=O)N1CCOC(F)(F)F. The highest BCUT2D eigenvalue weighted by molar-refractivity contribution is 5.77. The zero-order valence-electron chi connectivity index (χ0n) is 11.0. The minimum atomic E-state index is -4.79. The maximum absolute atomic E-state index is 11.8. The largest absolute Gasteiger partial charge is 0.522 e. The fourth-order valence-corrected chi connectivity index (χ4v) is 1.90. The van der Waals surface area contributed by atoms with Crippen LogP contribution in [-0.4, -0.2) is 67.4 Å². The summed E-state index contributed by atoms with van der Waals surface area (Å²) < 4.78 is 78.0. The van der Waals surface area contributed by atoms with Gasteiger partial charge in [0.05, 0.1) is 13.2 Å². The Morgan fingerprint density at radius 3 is 2.00 bits per heavy atom. The van der Waals surface area contributed by atoms with Gasteiger partial charge >= 0.3 is 18.8 Å². The quantitative estimate of drug-likeness (QED) is 0.704. The van der Waals surface area contributed by atoms with Crippen LogP contribution in [-0.2, 0) is 9.47 Å². The summed E-state index contributed by atoms with van der Waals surface area (Å²) >= 11 is 0. The van der Waals surface area contributed by atoms with Gasteiger partial charge in [0, 0.05) is 25.7 Å². The van der Waals surface area contributed by atoms with E-state index >= 15 is 0 Å². The molecule has 1 aliphatic heterocycles. The van der Waals surface area contributed by atoms with Crippen molar-refractivity contribution < 1.29 is 40.6 Å². The van der Waals surface area contributed by atoms with E-state index in [0.717, 1.165) is 9.80 Å². The number of carbonyl (C=O) groups is 1. The lowest BCUT2D eigenvalue weighted by atomic mass is 10.3. The third kappa shape index (κ3) is 6.38. The van der Waals surface area contributed by atoms with Crippen molar-refractivity contribution in [2.75, 3.05) is 32.8 Å². The van der Waals surface area contributed by atoms with Gasteiger partial charge in [-0.05, 0) is 6.92 Å². The van der Waals surface area contributed by atoms with E-state index in [4.69, 9.17) is 0 Å². The molecule has 0 aliphatic carbocycles. The van der Waals surface area contributed by atoms with E-state index in [1.165, 1.54) is 0 Å². The predicted molar refractivity (Wildman–Crippen MR) is 57.2 cm³/mol.